The second-order valence-corrected chi connectivity index (χ2v) is 7.37. The molecule has 0 saturated carbocycles. The quantitative estimate of drug-likeness (QED) is 0.819. The van der Waals surface area contributed by atoms with Gasteiger partial charge in [0.05, 0.1) is 0 Å². The van der Waals surface area contributed by atoms with E-state index in [2.05, 4.69) is 22.0 Å². The van der Waals surface area contributed by atoms with Crippen molar-refractivity contribution in [3.8, 4) is 0 Å². The molecule has 25 heavy (non-hydrogen) atoms. The predicted octanol–water partition coefficient (Wildman–Crippen LogP) is 1.86. The molecule has 0 spiro atoms. The fraction of sp³-hybridized carbons (Fsp3) is 0.647. The van der Waals surface area contributed by atoms with E-state index >= 15 is 0 Å². The number of nitrogens with one attached hydrogen (secondary N) is 1. The summed E-state index contributed by atoms with van der Waals surface area (Å²) >= 11 is 0. The van der Waals surface area contributed by atoms with Gasteiger partial charge < -0.3 is 19.6 Å². The van der Waals surface area contributed by atoms with Gasteiger partial charge in [-0.25, -0.2) is 4.79 Å². The molecule has 138 valence electrons. The van der Waals surface area contributed by atoms with Gasteiger partial charge in [0.2, 0.25) is 11.8 Å². The summed E-state index contributed by atoms with van der Waals surface area (Å²) in [4.78, 5) is 32.3. The van der Waals surface area contributed by atoms with Crippen LogP contribution in [-0.2, 0) is 10.2 Å². The van der Waals surface area contributed by atoms with E-state index < -0.39 is 12.1 Å². The van der Waals surface area contributed by atoms with Crippen molar-refractivity contribution in [2.75, 3.05) is 20.1 Å². The summed E-state index contributed by atoms with van der Waals surface area (Å²) in [5.74, 6) is 0.874. The lowest BCUT2D eigenvalue weighted by molar-refractivity contribution is -0.130. The van der Waals surface area contributed by atoms with Gasteiger partial charge in [0.25, 0.3) is 0 Å². The number of hydrogen-bond acceptors (Lipinski definition) is 5. The van der Waals surface area contributed by atoms with Gasteiger partial charge in [0.15, 0.2) is 5.82 Å². The third-order valence-electron chi connectivity index (χ3n) is 4.23. The number of rotatable bonds is 5. The molecule has 8 heteroatoms. The molecule has 0 radical (unpaired) electrons. The minimum Gasteiger partial charge on any atom is -0.337 e. The maximum Gasteiger partial charge on any atom is 0.318 e. The Morgan fingerprint density at radius 2 is 2.24 bits per heavy atom. The standard InChI is InChI=1S/C17H27N5O3/c1-7-9-22-10-8-12(14(22)23)21(6)16(24)18-11(2)13-19-15(20-25-13)17(3,4)5/h7,11-12H,1,8-10H2,2-6H3,(H,18,24)/t11-,12-/m0/s1. The topological polar surface area (TPSA) is 91.6 Å². The molecule has 8 nitrogen and oxygen atoms in total. The zero-order valence-electron chi connectivity index (χ0n) is 15.6. The summed E-state index contributed by atoms with van der Waals surface area (Å²) in [6.07, 6.45) is 2.30. The van der Waals surface area contributed by atoms with Crippen molar-refractivity contribution in [1.29, 1.82) is 0 Å². The largest absolute Gasteiger partial charge is 0.337 e. The molecule has 1 fully saturated rings. The Bertz CT molecular complexity index is 649. The SMILES string of the molecule is C=CCN1CC[C@H](N(C)C(=O)N[C@@H](C)c2nc(C(C)(C)C)no2)C1=O. The van der Waals surface area contributed by atoms with Crippen LogP contribution in [-0.4, -0.2) is 58.1 Å². The normalized spacial score (nSPS) is 19.0. The number of likely N-dealkylation sites (N-methyl/N-ethyl adjacent to an activating group) is 1. The van der Waals surface area contributed by atoms with E-state index in [9.17, 15) is 9.59 Å². The summed E-state index contributed by atoms with van der Waals surface area (Å²) < 4.78 is 5.25. The Balaban J connectivity index is 1.98. The minimum atomic E-state index is -0.458. The van der Waals surface area contributed by atoms with E-state index in [0.717, 1.165) is 0 Å². The van der Waals surface area contributed by atoms with Gasteiger partial charge in [0.1, 0.15) is 12.1 Å². The lowest BCUT2D eigenvalue weighted by Crippen LogP contribution is -2.47. The second-order valence-electron chi connectivity index (χ2n) is 7.37. The van der Waals surface area contributed by atoms with E-state index in [-0.39, 0.29) is 17.4 Å². The maximum absolute atomic E-state index is 12.5. The van der Waals surface area contributed by atoms with Gasteiger partial charge in [-0.3, -0.25) is 4.79 Å². The van der Waals surface area contributed by atoms with Crippen LogP contribution in [0.2, 0.25) is 0 Å². The lowest BCUT2D eigenvalue weighted by atomic mass is 9.96. The number of likely N-dealkylation sites (tertiary alicyclic amines) is 1. The Labute approximate surface area is 148 Å². The Kier molecular flexibility index (Phi) is 5.49. The van der Waals surface area contributed by atoms with Crippen molar-refractivity contribution in [3.05, 3.63) is 24.4 Å². The summed E-state index contributed by atoms with van der Waals surface area (Å²) in [5.41, 5.74) is -0.229. The number of carbonyl (C=O) groups excluding carboxylic acids is 2. The van der Waals surface area contributed by atoms with E-state index in [0.29, 0.717) is 31.2 Å². The highest BCUT2D eigenvalue weighted by Gasteiger charge is 2.36. The molecular formula is C17H27N5O3. The van der Waals surface area contributed by atoms with Crippen LogP contribution in [0, 0.1) is 0 Å². The highest BCUT2D eigenvalue weighted by molar-refractivity contribution is 5.88. The van der Waals surface area contributed by atoms with Gasteiger partial charge in [-0.1, -0.05) is 32.0 Å². The predicted molar refractivity (Wildman–Crippen MR) is 92.9 cm³/mol. The minimum absolute atomic E-state index is 0.0574. The molecule has 2 rings (SSSR count). The molecule has 1 aliphatic rings. The van der Waals surface area contributed by atoms with Gasteiger partial charge in [-0.15, -0.1) is 6.58 Å². The highest BCUT2D eigenvalue weighted by Crippen LogP contribution is 2.21. The van der Waals surface area contributed by atoms with Crippen LogP contribution in [0.25, 0.3) is 0 Å². The second kappa shape index (κ2) is 7.25. The number of hydrogen-bond donors (Lipinski definition) is 1. The number of urea groups is 1. The van der Waals surface area contributed by atoms with E-state index in [4.69, 9.17) is 4.52 Å². The van der Waals surface area contributed by atoms with Crippen LogP contribution >= 0.6 is 0 Å². The summed E-state index contributed by atoms with van der Waals surface area (Å²) in [6, 6.07) is -1.25. The first-order chi connectivity index (χ1) is 11.6. The van der Waals surface area contributed by atoms with Crippen LogP contribution in [0.1, 0.15) is 51.9 Å². The van der Waals surface area contributed by atoms with Gasteiger partial charge in [-0.05, 0) is 13.3 Å². The first-order valence-corrected chi connectivity index (χ1v) is 8.42. The van der Waals surface area contributed by atoms with E-state index in [1.807, 2.05) is 20.8 Å². The van der Waals surface area contributed by atoms with Crippen molar-refractivity contribution >= 4 is 11.9 Å². The molecule has 2 heterocycles. The number of amides is 3. The molecule has 1 N–H and O–H groups in total. The average Bonchev–Trinajstić information content (AvgIpc) is 3.15. The fourth-order valence-corrected chi connectivity index (χ4v) is 2.62. The van der Waals surface area contributed by atoms with E-state index in [1.165, 1.54) is 4.90 Å². The Hall–Kier alpha value is -2.38. The van der Waals surface area contributed by atoms with Crippen molar-refractivity contribution < 1.29 is 14.1 Å². The fourth-order valence-electron chi connectivity index (χ4n) is 2.62. The van der Waals surface area contributed by atoms with Crippen molar-refractivity contribution in [2.45, 2.75) is 51.6 Å². The third-order valence-corrected chi connectivity index (χ3v) is 4.23. The monoisotopic (exact) mass is 349 g/mol. The van der Waals surface area contributed by atoms with Gasteiger partial charge in [-0.2, -0.15) is 4.98 Å². The molecule has 0 aromatic carbocycles. The molecule has 0 aliphatic carbocycles. The van der Waals surface area contributed by atoms with Gasteiger partial charge >= 0.3 is 6.03 Å². The smallest absolute Gasteiger partial charge is 0.318 e. The number of aromatic nitrogens is 2. The number of nitrogens with zero attached hydrogens (tertiary/aromatic N) is 4. The Morgan fingerprint density at radius 3 is 2.80 bits per heavy atom. The molecule has 1 saturated heterocycles. The molecule has 0 unspecified atom stereocenters. The maximum atomic E-state index is 12.5. The van der Waals surface area contributed by atoms with Crippen molar-refractivity contribution in [1.82, 2.24) is 25.3 Å². The summed E-state index contributed by atoms with van der Waals surface area (Å²) in [7, 11) is 1.62. The molecule has 1 aliphatic heterocycles. The summed E-state index contributed by atoms with van der Waals surface area (Å²) in [6.45, 7) is 12.5. The molecule has 0 bridgehead atoms. The zero-order chi connectivity index (χ0) is 18.8. The molecule has 1 aromatic rings. The van der Waals surface area contributed by atoms with Crippen LogP contribution < -0.4 is 5.32 Å². The highest BCUT2D eigenvalue weighted by atomic mass is 16.5. The lowest BCUT2D eigenvalue weighted by Gasteiger charge is -2.25. The molecule has 2 atom stereocenters. The first-order valence-electron chi connectivity index (χ1n) is 8.42. The van der Waals surface area contributed by atoms with Crippen molar-refractivity contribution in [3.63, 3.8) is 0 Å². The van der Waals surface area contributed by atoms with E-state index in [1.54, 1.807) is 24.9 Å². The van der Waals surface area contributed by atoms with Crippen molar-refractivity contribution in [2.24, 2.45) is 0 Å². The molecular weight excluding hydrogens is 322 g/mol. The van der Waals surface area contributed by atoms with Crippen LogP contribution in [0.4, 0.5) is 4.79 Å². The number of carbonyl (C=O) groups is 2. The zero-order valence-corrected chi connectivity index (χ0v) is 15.6. The first kappa shape index (κ1) is 19.0. The van der Waals surface area contributed by atoms with Crippen LogP contribution in [0.3, 0.4) is 0 Å². The molecule has 3 amide bonds. The van der Waals surface area contributed by atoms with Crippen LogP contribution in [0.15, 0.2) is 17.2 Å². The average molecular weight is 349 g/mol. The van der Waals surface area contributed by atoms with Gasteiger partial charge in [0, 0.05) is 25.6 Å². The summed E-state index contributed by atoms with van der Waals surface area (Å²) in [5, 5.41) is 6.76. The molecule has 1 aromatic heterocycles. The van der Waals surface area contributed by atoms with Crippen LogP contribution in [0.5, 0.6) is 0 Å². The Morgan fingerprint density at radius 1 is 1.56 bits per heavy atom. The third kappa shape index (κ3) is 4.18.